The molecule has 0 spiro atoms. The van der Waals surface area contributed by atoms with Crippen LogP contribution in [0.1, 0.15) is 23.8 Å². The lowest BCUT2D eigenvalue weighted by molar-refractivity contribution is -0.133. The molecule has 0 saturated carbocycles. The van der Waals surface area contributed by atoms with Gasteiger partial charge in [0.1, 0.15) is 5.75 Å². The molecule has 2 heterocycles. The minimum atomic E-state index is -3.03. The molecular formula is C22H30N2O4S2. The average molecular weight is 451 g/mol. The van der Waals surface area contributed by atoms with E-state index in [2.05, 4.69) is 23.3 Å². The summed E-state index contributed by atoms with van der Waals surface area (Å²) in [6.07, 6.45) is 1.39. The quantitative estimate of drug-likeness (QED) is 0.588. The smallest absolute Gasteiger partial charge is 0.236 e. The Bertz CT molecular complexity index is 927. The largest absolute Gasteiger partial charge is 0.497 e. The van der Waals surface area contributed by atoms with Gasteiger partial charge >= 0.3 is 0 Å². The number of thiophene rings is 1. The molecule has 1 aromatic carbocycles. The molecule has 3 rings (SSSR count). The molecule has 2 aromatic rings. The van der Waals surface area contributed by atoms with Gasteiger partial charge in [-0.3, -0.25) is 9.69 Å². The number of carbonyl (C=O) groups is 1. The predicted molar refractivity (Wildman–Crippen MR) is 121 cm³/mol. The summed E-state index contributed by atoms with van der Waals surface area (Å²) in [5.74, 6) is 0.997. The summed E-state index contributed by atoms with van der Waals surface area (Å²) in [5.41, 5.74) is 1.10. The van der Waals surface area contributed by atoms with Crippen molar-refractivity contribution in [2.45, 2.75) is 38.4 Å². The van der Waals surface area contributed by atoms with Gasteiger partial charge in [0.05, 0.1) is 25.2 Å². The first kappa shape index (κ1) is 22.8. The zero-order valence-corrected chi connectivity index (χ0v) is 19.4. The second-order valence-electron chi connectivity index (χ2n) is 7.95. The van der Waals surface area contributed by atoms with Gasteiger partial charge in [0.2, 0.25) is 5.91 Å². The maximum atomic E-state index is 13.0. The van der Waals surface area contributed by atoms with Crippen molar-refractivity contribution in [2.75, 3.05) is 32.2 Å². The summed E-state index contributed by atoms with van der Waals surface area (Å²) in [6.45, 7) is 3.03. The van der Waals surface area contributed by atoms with Crippen molar-refractivity contribution in [1.29, 1.82) is 0 Å². The lowest BCUT2D eigenvalue weighted by Crippen LogP contribution is -2.46. The molecule has 164 valence electrons. The Balaban J connectivity index is 1.71. The van der Waals surface area contributed by atoms with Gasteiger partial charge in [-0.25, -0.2) is 8.42 Å². The van der Waals surface area contributed by atoms with E-state index < -0.39 is 9.84 Å². The fourth-order valence-electron chi connectivity index (χ4n) is 3.75. The Labute approximate surface area is 183 Å². The van der Waals surface area contributed by atoms with Crippen LogP contribution in [-0.4, -0.2) is 68.4 Å². The third kappa shape index (κ3) is 6.06. The van der Waals surface area contributed by atoms with Crippen molar-refractivity contribution in [3.63, 3.8) is 0 Å². The molecule has 1 aromatic heterocycles. The van der Waals surface area contributed by atoms with Gasteiger partial charge < -0.3 is 9.64 Å². The van der Waals surface area contributed by atoms with Crippen molar-refractivity contribution in [1.82, 2.24) is 9.80 Å². The van der Waals surface area contributed by atoms with Crippen molar-refractivity contribution in [3.05, 3.63) is 52.2 Å². The standard InChI is InChI=1S/C22H30N2O4S2/c1-17(13-21-5-4-11-29-21)24(14-18-6-8-20(28-3)9-7-18)15-22(25)23(2)19-10-12-30(26,27)16-19/h4-9,11,17,19H,10,12-16H2,1-3H3. The molecule has 0 aliphatic carbocycles. The second kappa shape index (κ2) is 9.94. The molecule has 2 atom stereocenters. The topological polar surface area (TPSA) is 66.9 Å². The van der Waals surface area contributed by atoms with Gasteiger partial charge in [-0.1, -0.05) is 18.2 Å². The molecule has 1 saturated heterocycles. The van der Waals surface area contributed by atoms with Gasteiger partial charge in [-0.2, -0.15) is 0 Å². The van der Waals surface area contributed by atoms with Crippen molar-refractivity contribution in [3.8, 4) is 5.75 Å². The van der Waals surface area contributed by atoms with Crippen LogP contribution in [0.5, 0.6) is 5.75 Å². The van der Waals surface area contributed by atoms with Gasteiger partial charge in [-0.05, 0) is 48.9 Å². The van der Waals surface area contributed by atoms with E-state index >= 15 is 0 Å². The second-order valence-corrected chi connectivity index (χ2v) is 11.2. The van der Waals surface area contributed by atoms with Crippen LogP contribution in [0.2, 0.25) is 0 Å². The number of hydrogen-bond acceptors (Lipinski definition) is 6. The summed E-state index contributed by atoms with van der Waals surface area (Å²) in [5, 5.41) is 2.06. The molecule has 6 nitrogen and oxygen atoms in total. The first-order valence-electron chi connectivity index (χ1n) is 10.1. The normalized spacial score (nSPS) is 19.0. The fourth-order valence-corrected chi connectivity index (χ4v) is 6.35. The van der Waals surface area contributed by atoms with Gasteiger partial charge in [0.25, 0.3) is 0 Å². The zero-order valence-electron chi connectivity index (χ0n) is 17.8. The number of ether oxygens (including phenoxy) is 1. The average Bonchev–Trinajstić information content (AvgIpc) is 3.36. The van der Waals surface area contributed by atoms with E-state index in [1.54, 1.807) is 30.4 Å². The molecule has 8 heteroatoms. The summed E-state index contributed by atoms with van der Waals surface area (Å²) >= 11 is 1.72. The van der Waals surface area contributed by atoms with Crippen LogP contribution in [0.15, 0.2) is 41.8 Å². The zero-order chi connectivity index (χ0) is 21.7. The summed E-state index contributed by atoms with van der Waals surface area (Å²) in [6, 6.07) is 12.0. The molecule has 30 heavy (non-hydrogen) atoms. The highest BCUT2D eigenvalue weighted by Gasteiger charge is 2.33. The summed E-state index contributed by atoms with van der Waals surface area (Å²) < 4.78 is 28.9. The van der Waals surface area contributed by atoms with E-state index in [-0.39, 0.29) is 36.0 Å². The highest BCUT2D eigenvalue weighted by Crippen LogP contribution is 2.20. The monoisotopic (exact) mass is 450 g/mol. The van der Waals surface area contributed by atoms with Crippen LogP contribution < -0.4 is 4.74 Å². The first-order valence-corrected chi connectivity index (χ1v) is 12.8. The Kier molecular flexibility index (Phi) is 7.55. The molecule has 1 aliphatic rings. The SMILES string of the molecule is COc1ccc(CN(CC(=O)N(C)C2CCS(=O)(=O)C2)C(C)Cc2cccs2)cc1. The van der Waals surface area contributed by atoms with E-state index in [0.717, 1.165) is 17.7 Å². The van der Waals surface area contributed by atoms with Crippen LogP contribution in [0.3, 0.4) is 0 Å². The number of amides is 1. The maximum absolute atomic E-state index is 13.0. The number of likely N-dealkylation sites (N-methyl/N-ethyl adjacent to an activating group) is 1. The summed E-state index contributed by atoms with van der Waals surface area (Å²) in [7, 11) is 0.340. The summed E-state index contributed by atoms with van der Waals surface area (Å²) in [4.78, 5) is 18.1. The van der Waals surface area contributed by atoms with E-state index in [1.807, 2.05) is 30.3 Å². The molecule has 0 bridgehead atoms. The highest BCUT2D eigenvalue weighted by molar-refractivity contribution is 7.91. The number of rotatable bonds is 9. The Morgan fingerprint density at radius 2 is 2.00 bits per heavy atom. The number of hydrogen-bond donors (Lipinski definition) is 0. The Morgan fingerprint density at radius 1 is 1.27 bits per heavy atom. The van der Waals surface area contributed by atoms with Crippen LogP contribution in [-0.2, 0) is 27.6 Å². The van der Waals surface area contributed by atoms with E-state index in [4.69, 9.17) is 4.74 Å². The Morgan fingerprint density at radius 3 is 2.57 bits per heavy atom. The predicted octanol–water partition coefficient (Wildman–Crippen LogP) is 2.84. The lowest BCUT2D eigenvalue weighted by atomic mass is 10.1. The van der Waals surface area contributed by atoms with E-state index in [9.17, 15) is 13.2 Å². The Hall–Kier alpha value is -1.90. The van der Waals surface area contributed by atoms with Crippen LogP contribution in [0, 0.1) is 0 Å². The van der Waals surface area contributed by atoms with Crippen molar-refractivity contribution in [2.24, 2.45) is 0 Å². The lowest BCUT2D eigenvalue weighted by Gasteiger charge is -2.32. The number of methoxy groups -OCH3 is 1. The molecule has 0 N–H and O–H groups in total. The van der Waals surface area contributed by atoms with Gasteiger partial charge in [0, 0.05) is 30.6 Å². The third-order valence-corrected chi connectivity index (χ3v) is 8.38. The number of benzene rings is 1. The van der Waals surface area contributed by atoms with Crippen LogP contribution in [0.25, 0.3) is 0 Å². The first-order chi connectivity index (χ1) is 14.3. The molecule has 0 radical (unpaired) electrons. The molecule has 1 aliphatic heterocycles. The molecule has 1 amide bonds. The van der Waals surface area contributed by atoms with Gasteiger partial charge in [-0.15, -0.1) is 11.3 Å². The van der Waals surface area contributed by atoms with Crippen molar-refractivity contribution < 1.29 is 17.9 Å². The minimum Gasteiger partial charge on any atom is -0.497 e. The fraction of sp³-hybridized carbons (Fsp3) is 0.500. The molecular weight excluding hydrogens is 420 g/mol. The highest BCUT2D eigenvalue weighted by atomic mass is 32.2. The van der Waals surface area contributed by atoms with E-state index in [1.165, 1.54) is 4.88 Å². The van der Waals surface area contributed by atoms with Crippen LogP contribution in [0.4, 0.5) is 0 Å². The number of nitrogens with zero attached hydrogens (tertiary/aromatic N) is 2. The number of sulfone groups is 1. The molecule has 1 fully saturated rings. The third-order valence-electron chi connectivity index (χ3n) is 5.73. The maximum Gasteiger partial charge on any atom is 0.236 e. The molecule has 2 unspecified atom stereocenters. The van der Waals surface area contributed by atoms with E-state index in [0.29, 0.717) is 13.0 Å². The van der Waals surface area contributed by atoms with Gasteiger partial charge in [0.15, 0.2) is 9.84 Å². The van der Waals surface area contributed by atoms with Crippen LogP contribution >= 0.6 is 11.3 Å². The minimum absolute atomic E-state index is 0.0383. The van der Waals surface area contributed by atoms with Crippen molar-refractivity contribution >= 4 is 27.1 Å². The number of carbonyl (C=O) groups excluding carboxylic acids is 1.